The van der Waals surface area contributed by atoms with Gasteiger partial charge in [0, 0.05) is 17.2 Å². The van der Waals surface area contributed by atoms with Crippen molar-refractivity contribution < 1.29 is 19.4 Å². The van der Waals surface area contributed by atoms with Crippen LogP contribution in [0.2, 0.25) is 0 Å². The molecule has 2 aromatic rings. The number of ether oxygens (including phenoxy) is 1. The monoisotopic (exact) mass is 282 g/mol. The molecule has 2 aromatic carbocycles. The SMILES string of the molecule is O=C(O)/C=C/COc1ccc(C(=O)c2ccccc2)cc1. The van der Waals surface area contributed by atoms with E-state index in [1.807, 2.05) is 18.2 Å². The summed E-state index contributed by atoms with van der Waals surface area (Å²) in [5.41, 5.74) is 1.21. The van der Waals surface area contributed by atoms with Gasteiger partial charge in [-0.15, -0.1) is 0 Å². The van der Waals surface area contributed by atoms with Crippen LogP contribution in [0.15, 0.2) is 66.7 Å². The molecule has 0 saturated carbocycles. The summed E-state index contributed by atoms with van der Waals surface area (Å²) in [6, 6.07) is 15.8. The van der Waals surface area contributed by atoms with E-state index >= 15 is 0 Å². The standard InChI is InChI=1S/C17H14O4/c18-16(19)7-4-12-21-15-10-8-14(9-11-15)17(20)13-5-2-1-3-6-13/h1-11H,12H2,(H,18,19)/b7-4+. The normalized spacial score (nSPS) is 10.5. The van der Waals surface area contributed by atoms with Gasteiger partial charge in [0.25, 0.3) is 0 Å². The van der Waals surface area contributed by atoms with Crippen LogP contribution in [0.1, 0.15) is 15.9 Å². The minimum atomic E-state index is -1.01. The van der Waals surface area contributed by atoms with Crippen molar-refractivity contribution in [3.8, 4) is 5.75 Å². The molecular formula is C17H14O4. The molecule has 0 amide bonds. The maximum atomic E-state index is 12.2. The number of carboxylic acids is 1. The zero-order chi connectivity index (χ0) is 15.1. The van der Waals surface area contributed by atoms with Crippen molar-refractivity contribution in [2.75, 3.05) is 6.61 Å². The Morgan fingerprint density at radius 1 is 0.952 bits per heavy atom. The molecule has 0 unspecified atom stereocenters. The summed E-state index contributed by atoms with van der Waals surface area (Å²) in [7, 11) is 0. The van der Waals surface area contributed by atoms with E-state index in [0.29, 0.717) is 16.9 Å². The molecule has 0 aromatic heterocycles. The van der Waals surface area contributed by atoms with Crippen molar-refractivity contribution in [3.63, 3.8) is 0 Å². The van der Waals surface area contributed by atoms with Crippen LogP contribution < -0.4 is 4.74 Å². The Morgan fingerprint density at radius 3 is 2.19 bits per heavy atom. The Labute approximate surface area is 122 Å². The van der Waals surface area contributed by atoms with Crippen molar-refractivity contribution in [3.05, 3.63) is 77.9 Å². The fraction of sp³-hybridized carbons (Fsp3) is 0.0588. The molecule has 0 saturated heterocycles. The van der Waals surface area contributed by atoms with Crippen LogP contribution in [0, 0.1) is 0 Å². The van der Waals surface area contributed by atoms with E-state index in [1.54, 1.807) is 36.4 Å². The predicted octanol–water partition coefficient (Wildman–Crippen LogP) is 2.94. The number of hydrogen-bond acceptors (Lipinski definition) is 3. The van der Waals surface area contributed by atoms with Crippen molar-refractivity contribution in [1.29, 1.82) is 0 Å². The molecule has 0 fully saturated rings. The predicted molar refractivity (Wildman–Crippen MR) is 78.6 cm³/mol. The van der Waals surface area contributed by atoms with Gasteiger partial charge in [-0.05, 0) is 30.3 Å². The first-order valence-corrected chi connectivity index (χ1v) is 6.39. The van der Waals surface area contributed by atoms with Crippen molar-refractivity contribution >= 4 is 11.8 Å². The highest BCUT2D eigenvalue weighted by Gasteiger charge is 2.07. The zero-order valence-corrected chi connectivity index (χ0v) is 11.2. The number of ketones is 1. The lowest BCUT2D eigenvalue weighted by molar-refractivity contribution is -0.131. The van der Waals surface area contributed by atoms with Crippen LogP contribution in [0.4, 0.5) is 0 Å². The van der Waals surface area contributed by atoms with Crippen molar-refractivity contribution in [2.24, 2.45) is 0 Å². The summed E-state index contributed by atoms with van der Waals surface area (Å²) in [5, 5.41) is 8.44. The van der Waals surface area contributed by atoms with Crippen LogP contribution in [0.25, 0.3) is 0 Å². The summed E-state index contributed by atoms with van der Waals surface area (Å²) in [6.07, 6.45) is 2.43. The molecule has 0 spiro atoms. The van der Waals surface area contributed by atoms with Gasteiger partial charge in [0.15, 0.2) is 5.78 Å². The van der Waals surface area contributed by atoms with Gasteiger partial charge in [-0.2, -0.15) is 0 Å². The molecule has 4 nitrogen and oxygen atoms in total. The largest absolute Gasteiger partial charge is 0.490 e. The lowest BCUT2D eigenvalue weighted by Crippen LogP contribution is -2.01. The Hall–Kier alpha value is -2.88. The second-order valence-corrected chi connectivity index (χ2v) is 4.27. The molecule has 0 aliphatic carbocycles. The van der Waals surface area contributed by atoms with Crippen LogP contribution in [-0.4, -0.2) is 23.5 Å². The quantitative estimate of drug-likeness (QED) is 0.653. The van der Waals surface area contributed by atoms with Crippen LogP contribution >= 0.6 is 0 Å². The van der Waals surface area contributed by atoms with Gasteiger partial charge in [0.1, 0.15) is 12.4 Å². The second kappa shape index (κ2) is 7.05. The highest BCUT2D eigenvalue weighted by atomic mass is 16.5. The van der Waals surface area contributed by atoms with Crippen molar-refractivity contribution in [1.82, 2.24) is 0 Å². The minimum absolute atomic E-state index is 0.0482. The fourth-order valence-corrected chi connectivity index (χ4v) is 1.75. The Bertz CT molecular complexity index is 642. The molecule has 0 aliphatic rings. The molecular weight excluding hydrogens is 268 g/mol. The lowest BCUT2D eigenvalue weighted by Gasteiger charge is -2.05. The lowest BCUT2D eigenvalue weighted by atomic mass is 10.0. The van der Waals surface area contributed by atoms with Gasteiger partial charge < -0.3 is 9.84 Å². The molecule has 0 atom stereocenters. The van der Waals surface area contributed by atoms with Gasteiger partial charge in [-0.25, -0.2) is 4.79 Å². The number of benzene rings is 2. The van der Waals surface area contributed by atoms with E-state index in [4.69, 9.17) is 9.84 Å². The number of aliphatic carboxylic acids is 1. The van der Waals surface area contributed by atoms with Gasteiger partial charge in [-0.3, -0.25) is 4.79 Å². The van der Waals surface area contributed by atoms with Crippen LogP contribution in [0.5, 0.6) is 5.75 Å². The highest BCUT2D eigenvalue weighted by Crippen LogP contribution is 2.15. The number of carbonyl (C=O) groups excluding carboxylic acids is 1. The third-order valence-corrected chi connectivity index (χ3v) is 2.76. The summed E-state index contributed by atoms with van der Waals surface area (Å²) in [6.45, 7) is 0.165. The van der Waals surface area contributed by atoms with E-state index in [2.05, 4.69) is 0 Å². The third-order valence-electron chi connectivity index (χ3n) is 2.76. The molecule has 4 heteroatoms. The summed E-state index contributed by atoms with van der Waals surface area (Å²) >= 11 is 0. The Morgan fingerprint density at radius 2 is 1.57 bits per heavy atom. The molecule has 21 heavy (non-hydrogen) atoms. The van der Waals surface area contributed by atoms with Gasteiger partial charge in [0.2, 0.25) is 0 Å². The van der Waals surface area contributed by atoms with E-state index < -0.39 is 5.97 Å². The highest BCUT2D eigenvalue weighted by molar-refractivity contribution is 6.08. The molecule has 0 aliphatic heterocycles. The molecule has 0 radical (unpaired) electrons. The minimum Gasteiger partial charge on any atom is -0.490 e. The molecule has 106 valence electrons. The molecule has 0 heterocycles. The van der Waals surface area contributed by atoms with Crippen LogP contribution in [-0.2, 0) is 4.79 Å². The van der Waals surface area contributed by atoms with E-state index in [9.17, 15) is 9.59 Å². The van der Waals surface area contributed by atoms with Crippen molar-refractivity contribution in [2.45, 2.75) is 0 Å². The smallest absolute Gasteiger partial charge is 0.328 e. The van der Waals surface area contributed by atoms with Gasteiger partial charge in [-0.1, -0.05) is 30.3 Å². The number of rotatable bonds is 6. The summed E-state index contributed by atoms with van der Waals surface area (Å²) in [5.74, 6) is -0.482. The zero-order valence-electron chi connectivity index (χ0n) is 11.2. The third kappa shape index (κ3) is 4.31. The molecule has 1 N–H and O–H groups in total. The first-order valence-electron chi connectivity index (χ1n) is 6.39. The Kier molecular flexibility index (Phi) is 4.88. The molecule has 2 rings (SSSR count). The van der Waals surface area contributed by atoms with Crippen LogP contribution in [0.3, 0.4) is 0 Å². The maximum absolute atomic E-state index is 12.2. The number of carbonyl (C=O) groups is 2. The van der Waals surface area contributed by atoms with E-state index in [-0.39, 0.29) is 12.4 Å². The average molecular weight is 282 g/mol. The van der Waals surface area contributed by atoms with Gasteiger partial charge in [0.05, 0.1) is 0 Å². The molecule has 0 bridgehead atoms. The fourth-order valence-electron chi connectivity index (χ4n) is 1.75. The van der Waals surface area contributed by atoms with Gasteiger partial charge >= 0.3 is 5.97 Å². The average Bonchev–Trinajstić information content (AvgIpc) is 2.52. The first-order chi connectivity index (χ1) is 10.2. The summed E-state index contributed by atoms with van der Waals surface area (Å²) < 4.78 is 5.34. The maximum Gasteiger partial charge on any atom is 0.328 e. The topological polar surface area (TPSA) is 63.6 Å². The number of hydrogen-bond donors (Lipinski definition) is 1. The summed E-state index contributed by atoms with van der Waals surface area (Å²) in [4.78, 5) is 22.5. The van der Waals surface area contributed by atoms with E-state index in [0.717, 1.165) is 6.08 Å². The number of carboxylic acid groups (broad SMARTS) is 1. The van der Waals surface area contributed by atoms with E-state index in [1.165, 1.54) is 6.08 Å². The second-order valence-electron chi connectivity index (χ2n) is 4.27. The Balaban J connectivity index is 1.99. The first kappa shape index (κ1) is 14.5.